The summed E-state index contributed by atoms with van der Waals surface area (Å²) in [6.45, 7) is 0.462. The Morgan fingerprint density at radius 1 is 1.35 bits per heavy atom. The molecule has 1 heterocycles. The SMILES string of the molecule is O=C(NC1CCC1)c1cn(Cc2ccc(F)cc2)nn1. The summed E-state index contributed by atoms with van der Waals surface area (Å²) in [5.74, 6) is -0.451. The Bertz CT molecular complexity index is 604. The molecule has 1 saturated carbocycles. The minimum absolute atomic E-state index is 0.181. The molecule has 1 aromatic carbocycles. The highest BCUT2D eigenvalue weighted by molar-refractivity contribution is 5.92. The van der Waals surface area contributed by atoms with Crippen LogP contribution in [0.3, 0.4) is 0 Å². The van der Waals surface area contributed by atoms with Crippen LogP contribution in [0.25, 0.3) is 0 Å². The average molecular weight is 274 g/mol. The van der Waals surface area contributed by atoms with E-state index in [1.165, 1.54) is 18.6 Å². The molecule has 1 fully saturated rings. The van der Waals surface area contributed by atoms with Gasteiger partial charge in [0.2, 0.25) is 0 Å². The molecule has 2 aromatic rings. The zero-order valence-electron chi connectivity index (χ0n) is 10.9. The second-order valence-corrected chi connectivity index (χ2v) is 5.03. The van der Waals surface area contributed by atoms with Crippen molar-refractivity contribution < 1.29 is 9.18 Å². The van der Waals surface area contributed by atoms with E-state index in [0.29, 0.717) is 12.2 Å². The van der Waals surface area contributed by atoms with Gasteiger partial charge >= 0.3 is 0 Å². The van der Waals surface area contributed by atoms with Crippen LogP contribution in [0.15, 0.2) is 30.5 Å². The third-order valence-electron chi connectivity index (χ3n) is 3.47. The first-order valence-corrected chi connectivity index (χ1v) is 6.66. The largest absolute Gasteiger partial charge is 0.348 e. The molecule has 104 valence electrons. The molecule has 1 aliphatic rings. The van der Waals surface area contributed by atoms with E-state index in [-0.39, 0.29) is 17.8 Å². The molecule has 6 heteroatoms. The van der Waals surface area contributed by atoms with Crippen molar-refractivity contribution in [1.29, 1.82) is 0 Å². The molecule has 0 spiro atoms. The normalized spacial score (nSPS) is 14.8. The van der Waals surface area contributed by atoms with Crippen LogP contribution in [0, 0.1) is 5.82 Å². The van der Waals surface area contributed by atoms with Crippen molar-refractivity contribution >= 4 is 5.91 Å². The highest BCUT2D eigenvalue weighted by atomic mass is 19.1. The van der Waals surface area contributed by atoms with Crippen LogP contribution in [0.4, 0.5) is 4.39 Å². The summed E-state index contributed by atoms with van der Waals surface area (Å²) >= 11 is 0. The fourth-order valence-corrected chi connectivity index (χ4v) is 2.07. The van der Waals surface area contributed by atoms with Gasteiger partial charge in [-0.3, -0.25) is 4.79 Å². The van der Waals surface area contributed by atoms with Crippen molar-refractivity contribution in [2.75, 3.05) is 0 Å². The van der Waals surface area contributed by atoms with Crippen molar-refractivity contribution in [1.82, 2.24) is 20.3 Å². The third-order valence-corrected chi connectivity index (χ3v) is 3.47. The van der Waals surface area contributed by atoms with Gasteiger partial charge in [-0.1, -0.05) is 17.3 Å². The Kier molecular flexibility index (Phi) is 3.45. The molecule has 1 aliphatic carbocycles. The van der Waals surface area contributed by atoms with Crippen molar-refractivity contribution in [3.05, 3.63) is 47.5 Å². The van der Waals surface area contributed by atoms with Crippen LogP contribution in [-0.2, 0) is 6.54 Å². The number of hydrogen-bond acceptors (Lipinski definition) is 3. The second-order valence-electron chi connectivity index (χ2n) is 5.03. The van der Waals surface area contributed by atoms with E-state index in [1.807, 2.05) is 0 Å². The van der Waals surface area contributed by atoms with Gasteiger partial charge < -0.3 is 5.32 Å². The van der Waals surface area contributed by atoms with Gasteiger partial charge in [-0.05, 0) is 37.0 Å². The number of nitrogens with one attached hydrogen (secondary N) is 1. The molecule has 1 N–H and O–H groups in total. The van der Waals surface area contributed by atoms with E-state index in [0.717, 1.165) is 18.4 Å². The number of aromatic nitrogens is 3. The number of carbonyl (C=O) groups is 1. The first-order valence-electron chi connectivity index (χ1n) is 6.66. The fraction of sp³-hybridized carbons (Fsp3) is 0.357. The number of carbonyl (C=O) groups excluding carboxylic acids is 1. The zero-order valence-corrected chi connectivity index (χ0v) is 10.9. The predicted octanol–water partition coefficient (Wildman–Crippen LogP) is 1.75. The number of halogens is 1. The molecule has 1 aromatic heterocycles. The van der Waals surface area contributed by atoms with Gasteiger partial charge in [0.15, 0.2) is 5.69 Å². The monoisotopic (exact) mass is 274 g/mol. The molecule has 3 rings (SSSR count). The molecule has 5 nitrogen and oxygen atoms in total. The standard InChI is InChI=1S/C14H15FN4O/c15-11-6-4-10(5-7-11)8-19-9-13(17-18-19)14(20)16-12-2-1-3-12/h4-7,9,12H,1-3,8H2,(H,16,20). The lowest BCUT2D eigenvalue weighted by atomic mass is 9.93. The van der Waals surface area contributed by atoms with Crippen molar-refractivity contribution in [2.24, 2.45) is 0 Å². The van der Waals surface area contributed by atoms with Crippen molar-refractivity contribution in [3.8, 4) is 0 Å². The smallest absolute Gasteiger partial charge is 0.273 e. The molecule has 0 unspecified atom stereocenters. The van der Waals surface area contributed by atoms with Gasteiger partial charge in [0.05, 0.1) is 12.7 Å². The Morgan fingerprint density at radius 2 is 2.10 bits per heavy atom. The van der Waals surface area contributed by atoms with Gasteiger partial charge in [-0.25, -0.2) is 9.07 Å². The number of rotatable bonds is 4. The molecular weight excluding hydrogens is 259 g/mol. The Labute approximate surface area is 115 Å². The Balaban J connectivity index is 1.63. The van der Waals surface area contributed by atoms with Gasteiger partial charge in [0, 0.05) is 6.04 Å². The van der Waals surface area contributed by atoms with Crippen LogP contribution in [0.5, 0.6) is 0 Å². The van der Waals surface area contributed by atoms with E-state index in [1.54, 1.807) is 23.0 Å². The summed E-state index contributed by atoms with van der Waals surface area (Å²) in [6.07, 6.45) is 4.85. The van der Waals surface area contributed by atoms with Crippen LogP contribution >= 0.6 is 0 Å². The number of amides is 1. The summed E-state index contributed by atoms with van der Waals surface area (Å²) < 4.78 is 14.4. The van der Waals surface area contributed by atoms with Gasteiger partial charge in [0.1, 0.15) is 5.82 Å². The quantitative estimate of drug-likeness (QED) is 0.924. The van der Waals surface area contributed by atoms with E-state index < -0.39 is 0 Å². The van der Waals surface area contributed by atoms with Crippen LogP contribution < -0.4 is 5.32 Å². The number of benzene rings is 1. The van der Waals surface area contributed by atoms with Gasteiger partial charge in [-0.2, -0.15) is 0 Å². The van der Waals surface area contributed by atoms with Crippen LogP contribution in [0.2, 0.25) is 0 Å². The Morgan fingerprint density at radius 3 is 2.75 bits per heavy atom. The first-order chi connectivity index (χ1) is 9.70. The maximum Gasteiger partial charge on any atom is 0.273 e. The zero-order chi connectivity index (χ0) is 13.9. The summed E-state index contributed by atoms with van der Waals surface area (Å²) in [7, 11) is 0. The summed E-state index contributed by atoms with van der Waals surface area (Å²) in [6, 6.07) is 6.45. The predicted molar refractivity (Wildman–Crippen MR) is 70.6 cm³/mol. The van der Waals surface area contributed by atoms with Crippen molar-refractivity contribution in [2.45, 2.75) is 31.8 Å². The molecule has 0 radical (unpaired) electrons. The molecule has 0 saturated heterocycles. The molecule has 0 atom stereocenters. The topological polar surface area (TPSA) is 59.8 Å². The Hall–Kier alpha value is -2.24. The minimum atomic E-state index is -0.270. The first kappa shape index (κ1) is 12.8. The minimum Gasteiger partial charge on any atom is -0.348 e. The van der Waals surface area contributed by atoms with Gasteiger partial charge in [-0.15, -0.1) is 5.10 Å². The lowest BCUT2D eigenvalue weighted by Crippen LogP contribution is -2.39. The van der Waals surface area contributed by atoms with Crippen molar-refractivity contribution in [3.63, 3.8) is 0 Å². The molecular formula is C14H15FN4O. The summed E-state index contributed by atoms with van der Waals surface area (Å²) in [5.41, 5.74) is 1.22. The summed E-state index contributed by atoms with van der Waals surface area (Å²) in [5, 5.41) is 10.7. The average Bonchev–Trinajstić information content (AvgIpc) is 2.85. The van der Waals surface area contributed by atoms with E-state index in [4.69, 9.17) is 0 Å². The highest BCUT2D eigenvalue weighted by Crippen LogP contribution is 2.18. The molecule has 0 aliphatic heterocycles. The number of hydrogen-bond donors (Lipinski definition) is 1. The van der Waals surface area contributed by atoms with E-state index in [9.17, 15) is 9.18 Å². The highest BCUT2D eigenvalue weighted by Gasteiger charge is 2.21. The second kappa shape index (κ2) is 5.40. The van der Waals surface area contributed by atoms with Crippen LogP contribution in [-0.4, -0.2) is 26.9 Å². The van der Waals surface area contributed by atoms with E-state index in [2.05, 4.69) is 15.6 Å². The fourth-order valence-electron chi connectivity index (χ4n) is 2.07. The lowest BCUT2D eigenvalue weighted by Gasteiger charge is -2.25. The maximum atomic E-state index is 12.8. The maximum absolute atomic E-state index is 12.8. The third kappa shape index (κ3) is 2.84. The lowest BCUT2D eigenvalue weighted by molar-refractivity contribution is 0.0911. The molecule has 20 heavy (non-hydrogen) atoms. The van der Waals surface area contributed by atoms with Crippen LogP contribution in [0.1, 0.15) is 35.3 Å². The van der Waals surface area contributed by atoms with Gasteiger partial charge in [0.25, 0.3) is 5.91 Å². The summed E-state index contributed by atoms with van der Waals surface area (Å²) in [4.78, 5) is 11.9. The molecule has 1 amide bonds. The number of nitrogens with zero attached hydrogens (tertiary/aromatic N) is 3. The van der Waals surface area contributed by atoms with E-state index >= 15 is 0 Å². The molecule has 0 bridgehead atoms.